The second-order valence-electron chi connectivity index (χ2n) is 6.19. The predicted molar refractivity (Wildman–Crippen MR) is 105 cm³/mol. The molecule has 1 amide bonds. The number of benzene rings is 2. The lowest BCUT2D eigenvalue weighted by atomic mass is 10.1. The van der Waals surface area contributed by atoms with Crippen LogP contribution in [0.4, 0.5) is 5.69 Å². The van der Waals surface area contributed by atoms with Gasteiger partial charge in [-0.05, 0) is 35.7 Å². The van der Waals surface area contributed by atoms with E-state index in [-0.39, 0.29) is 5.91 Å². The van der Waals surface area contributed by atoms with Crippen LogP contribution in [-0.2, 0) is 13.1 Å². The average molecular weight is 364 g/mol. The van der Waals surface area contributed by atoms with E-state index in [2.05, 4.69) is 22.3 Å². The molecule has 2 heterocycles. The number of para-hydroxylation sites is 1. The van der Waals surface area contributed by atoms with Gasteiger partial charge in [-0.15, -0.1) is 11.3 Å². The first kappa shape index (κ1) is 16.7. The lowest BCUT2D eigenvalue weighted by molar-refractivity contribution is 0.0951. The quantitative estimate of drug-likeness (QED) is 0.758. The van der Waals surface area contributed by atoms with Crippen LogP contribution in [0.15, 0.2) is 66.0 Å². The summed E-state index contributed by atoms with van der Waals surface area (Å²) in [6.45, 7) is 2.74. The zero-order valence-corrected chi connectivity index (χ0v) is 15.2. The van der Waals surface area contributed by atoms with Gasteiger partial charge in [0.1, 0.15) is 12.4 Å². The van der Waals surface area contributed by atoms with E-state index >= 15 is 0 Å². The van der Waals surface area contributed by atoms with E-state index in [9.17, 15) is 4.79 Å². The highest BCUT2D eigenvalue weighted by Crippen LogP contribution is 2.27. The number of carbonyl (C=O) groups is 1. The summed E-state index contributed by atoms with van der Waals surface area (Å²) in [5.41, 5.74) is 2.91. The summed E-state index contributed by atoms with van der Waals surface area (Å²) in [6.07, 6.45) is 0. The van der Waals surface area contributed by atoms with Crippen molar-refractivity contribution in [3.63, 3.8) is 0 Å². The molecule has 26 heavy (non-hydrogen) atoms. The standard InChI is InChI=1S/C21H20N2O2S/c24-21(22-14-19-7-4-12-26-19)16-8-9-17-15-23(10-11-25-20(17)13-16)18-5-2-1-3-6-18/h1-9,12-13H,10-11,14-15H2,(H,22,24). The number of anilines is 1. The van der Waals surface area contributed by atoms with Gasteiger partial charge in [0.05, 0.1) is 13.1 Å². The van der Waals surface area contributed by atoms with Crippen LogP contribution in [0.2, 0.25) is 0 Å². The third-order valence-corrected chi connectivity index (χ3v) is 5.31. The van der Waals surface area contributed by atoms with Crippen LogP contribution >= 0.6 is 11.3 Å². The Bertz CT molecular complexity index is 878. The molecule has 0 saturated carbocycles. The Hall–Kier alpha value is -2.79. The molecule has 0 unspecified atom stereocenters. The molecule has 1 aromatic heterocycles. The smallest absolute Gasteiger partial charge is 0.251 e. The Labute approximate surface area is 157 Å². The Morgan fingerprint density at radius 1 is 1.12 bits per heavy atom. The molecule has 0 atom stereocenters. The van der Waals surface area contributed by atoms with Gasteiger partial charge in [0.2, 0.25) is 0 Å². The van der Waals surface area contributed by atoms with Crippen molar-refractivity contribution in [2.75, 3.05) is 18.1 Å². The van der Waals surface area contributed by atoms with Gasteiger partial charge in [0.15, 0.2) is 0 Å². The molecule has 3 aromatic rings. The highest BCUT2D eigenvalue weighted by molar-refractivity contribution is 7.09. The molecular weight excluding hydrogens is 344 g/mol. The Morgan fingerprint density at radius 2 is 2.00 bits per heavy atom. The minimum absolute atomic E-state index is 0.0750. The lowest BCUT2D eigenvalue weighted by Crippen LogP contribution is -2.25. The van der Waals surface area contributed by atoms with E-state index in [1.165, 1.54) is 5.69 Å². The van der Waals surface area contributed by atoms with Crippen LogP contribution in [0.1, 0.15) is 20.8 Å². The first-order chi connectivity index (χ1) is 12.8. The summed E-state index contributed by atoms with van der Waals surface area (Å²) in [5.74, 6) is 0.723. The molecule has 0 aliphatic carbocycles. The number of carbonyl (C=O) groups excluding carboxylic acids is 1. The van der Waals surface area contributed by atoms with E-state index in [1.807, 2.05) is 53.9 Å². The molecule has 4 nitrogen and oxygen atoms in total. The number of hydrogen-bond acceptors (Lipinski definition) is 4. The number of nitrogens with one attached hydrogen (secondary N) is 1. The largest absolute Gasteiger partial charge is 0.491 e. The molecule has 0 fully saturated rings. The van der Waals surface area contributed by atoms with Crippen molar-refractivity contribution < 1.29 is 9.53 Å². The molecule has 1 aliphatic heterocycles. The molecule has 0 saturated heterocycles. The van der Waals surface area contributed by atoms with Crippen LogP contribution in [0.5, 0.6) is 5.75 Å². The van der Waals surface area contributed by atoms with Crippen LogP contribution in [0, 0.1) is 0 Å². The second-order valence-corrected chi connectivity index (χ2v) is 7.22. The van der Waals surface area contributed by atoms with Gasteiger partial charge in [-0.1, -0.05) is 30.3 Å². The van der Waals surface area contributed by atoms with Crippen molar-refractivity contribution in [1.29, 1.82) is 0 Å². The first-order valence-electron chi connectivity index (χ1n) is 8.66. The topological polar surface area (TPSA) is 41.6 Å². The maximum Gasteiger partial charge on any atom is 0.251 e. The van der Waals surface area contributed by atoms with E-state index < -0.39 is 0 Å². The van der Waals surface area contributed by atoms with Gasteiger partial charge in [-0.25, -0.2) is 0 Å². The van der Waals surface area contributed by atoms with Crippen LogP contribution < -0.4 is 15.0 Å². The third-order valence-electron chi connectivity index (χ3n) is 4.43. The fourth-order valence-electron chi connectivity index (χ4n) is 3.05. The van der Waals surface area contributed by atoms with Crippen LogP contribution in [0.3, 0.4) is 0 Å². The van der Waals surface area contributed by atoms with E-state index in [4.69, 9.17) is 4.74 Å². The molecule has 0 radical (unpaired) electrons. The van der Waals surface area contributed by atoms with Gasteiger partial charge >= 0.3 is 0 Å². The van der Waals surface area contributed by atoms with Crippen molar-refractivity contribution in [1.82, 2.24) is 5.32 Å². The molecular formula is C21H20N2O2S. The van der Waals surface area contributed by atoms with Gasteiger partial charge in [-0.2, -0.15) is 0 Å². The molecule has 4 rings (SSSR count). The van der Waals surface area contributed by atoms with Crippen molar-refractivity contribution >= 4 is 22.9 Å². The number of fused-ring (bicyclic) bond motifs is 1. The number of amides is 1. The summed E-state index contributed by atoms with van der Waals surface area (Å²) < 4.78 is 5.92. The van der Waals surface area contributed by atoms with Gasteiger partial charge in [0.25, 0.3) is 5.91 Å². The minimum Gasteiger partial charge on any atom is -0.491 e. The number of nitrogens with zero attached hydrogens (tertiary/aromatic N) is 1. The van der Waals surface area contributed by atoms with Crippen molar-refractivity contribution in [3.05, 3.63) is 82.0 Å². The summed E-state index contributed by atoms with van der Waals surface area (Å²) in [7, 11) is 0. The third kappa shape index (κ3) is 3.73. The van der Waals surface area contributed by atoms with Crippen molar-refractivity contribution in [2.24, 2.45) is 0 Å². The van der Waals surface area contributed by atoms with Crippen molar-refractivity contribution in [2.45, 2.75) is 13.1 Å². The van der Waals surface area contributed by atoms with Crippen LogP contribution in [0.25, 0.3) is 0 Å². The second kappa shape index (κ2) is 7.62. The van der Waals surface area contributed by atoms with E-state index in [0.29, 0.717) is 18.7 Å². The number of ether oxygens (including phenoxy) is 1. The monoisotopic (exact) mass is 364 g/mol. The van der Waals surface area contributed by atoms with E-state index in [1.54, 1.807) is 11.3 Å². The summed E-state index contributed by atoms with van der Waals surface area (Å²) in [5, 5.41) is 4.97. The van der Waals surface area contributed by atoms with Gasteiger partial charge in [-0.3, -0.25) is 4.79 Å². The van der Waals surface area contributed by atoms with Gasteiger partial charge in [0, 0.05) is 28.2 Å². The summed E-state index contributed by atoms with van der Waals surface area (Å²) in [4.78, 5) is 15.9. The molecule has 0 spiro atoms. The Kier molecular flexibility index (Phi) is 4.88. The minimum atomic E-state index is -0.0750. The maximum atomic E-state index is 12.4. The Balaban J connectivity index is 1.48. The first-order valence-corrected chi connectivity index (χ1v) is 9.54. The average Bonchev–Trinajstić information content (AvgIpc) is 3.11. The molecule has 5 heteroatoms. The maximum absolute atomic E-state index is 12.4. The van der Waals surface area contributed by atoms with Crippen molar-refractivity contribution in [3.8, 4) is 5.75 Å². The molecule has 0 bridgehead atoms. The normalized spacial score (nSPS) is 13.5. The predicted octanol–water partition coefficient (Wildman–Crippen LogP) is 4.08. The summed E-state index contributed by atoms with van der Waals surface area (Å²) >= 11 is 1.64. The fraction of sp³-hybridized carbons (Fsp3) is 0.190. The highest BCUT2D eigenvalue weighted by Gasteiger charge is 2.17. The SMILES string of the molecule is O=C(NCc1cccs1)c1ccc2c(c1)OCCN(c1ccccc1)C2. The molecule has 1 aliphatic rings. The van der Waals surface area contributed by atoms with E-state index in [0.717, 1.165) is 29.3 Å². The molecule has 2 aromatic carbocycles. The number of thiophene rings is 1. The highest BCUT2D eigenvalue weighted by atomic mass is 32.1. The van der Waals surface area contributed by atoms with Gasteiger partial charge < -0.3 is 15.0 Å². The number of hydrogen-bond donors (Lipinski definition) is 1. The van der Waals surface area contributed by atoms with Crippen LogP contribution in [-0.4, -0.2) is 19.1 Å². The zero-order valence-electron chi connectivity index (χ0n) is 14.4. The Morgan fingerprint density at radius 3 is 2.81 bits per heavy atom. The molecule has 132 valence electrons. The molecule has 1 N–H and O–H groups in total. The number of rotatable bonds is 4. The lowest BCUT2D eigenvalue weighted by Gasteiger charge is -2.21. The fourth-order valence-corrected chi connectivity index (χ4v) is 3.70. The summed E-state index contributed by atoms with van der Waals surface area (Å²) in [6, 6.07) is 20.1. The zero-order chi connectivity index (χ0) is 17.8.